The van der Waals surface area contributed by atoms with Crippen LogP contribution in [0.1, 0.15) is 31.7 Å². The Morgan fingerprint density at radius 2 is 1.70 bits per heavy atom. The summed E-state index contributed by atoms with van der Waals surface area (Å²) >= 11 is 0. The lowest BCUT2D eigenvalue weighted by molar-refractivity contribution is 0.268. The number of rotatable bonds is 2. The SMILES string of the molecule is Cc1cc2[nH]c(=O)c(=O)[nH]c2cc1S(=O)(=O)N1CCCCC1C. The van der Waals surface area contributed by atoms with Crippen LogP contribution in [0.5, 0.6) is 0 Å². The highest BCUT2D eigenvalue weighted by Crippen LogP contribution is 2.28. The Hall–Kier alpha value is -1.93. The second-order valence-electron chi connectivity index (χ2n) is 6.03. The summed E-state index contributed by atoms with van der Waals surface area (Å²) in [6, 6.07) is 2.96. The standard InChI is InChI=1S/C15H19N3O4S/c1-9-7-11-12(17-15(20)14(19)16-11)8-13(9)23(21,22)18-6-4-3-5-10(18)2/h7-8,10H,3-6H2,1-2H3,(H,16,19)(H,17,20). The van der Waals surface area contributed by atoms with E-state index in [-0.39, 0.29) is 10.9 Å². The van der Waals surface area contributed by atoms with Gasteiger partial charge in [-0.3, -0.25) is 9.59 Å². The number of sulfonamides is 1. The van der Waals surface area contributed by atoms with E-state index in [1.807, 2.05) is 6.92 Å². The van der Waals surface area contributed by atoms with Crippen LogP contribution in [0.25, 0.3) is 11.0 Å². The fourth-order valence-electron chi connectivity index (χ4n) is 3.09. The van der Waals surface area contributed by atoms with Gasteiger partial charge in [0.1, 0.15) is 0 Å². The monoisotopic (exact) mass is 337 g/mol. The van der Waals surface area contributed by atoms with E-state index in [1.54, 1.807) is 13.0 Å². The molecular weight excluding hydrogens is 318 g/mol. The first-order chi connectivity index (χ1) is 10.8. The Balaban J connectivity index is 2.18. The molecule has 0 radical (unpaired) electrons. The molecule has 7 nitrogen and oxygen atoms in total. The number of benzene rings is 1. The van der Waals surface area contributed by atoms with Gasteiger partial charge >= 0.3 is 11.1 Å². The van der Waals surface area contributed by atoms with Crippen LogP contribution in [-0.4, -0.2) is 35.3 Å². The molecule has 3 rings (SSSR count). The van der Waals surface area contributed by atoms with Gasteiger partial charge in [-0.05, 0) is 44.4 Å². The van der Waals surface area contributed by atoms with E-state index >= 15 is 0 Å². The average Bonchev–Trinajstić information content (AvgIpc) is 2.48. The maximum atomic E-state index is 13.0. The third-order valence-corrected chi connectivity index (χ3v) is 6.50. The predicted octanol–water partition coefficient (Wildman–Crippen LogP) is 1.09. The molecule has 8 heteroatoms. The summed E-state index contributed by atoms with van der Waals surface area (Å²) in [5, 5.41) is 0. The number of aromatic amines is 2. The summed E-state index contributed by atoms with van der Waals surface area (Å²) in [6.07, 6.45) is 2.72. The Labute approximate surface area is 133 Å². The summed E-state index contributed by atoms with van der Waals surface area (Å²) in [5.41, 5.74) is -0.285. The molecule has 0 bridgehead atoms. The van der Waals surface area contributed by atoms with Crippen molar-refractivity contribution in [3.8, 4) is 0 Å². The van der Waals surface area contributed by atoms with Crippen LogP contribution in [0.3, 0.4) is 0 Å². The van der Waals surface area contributed by atoms with Gasteiger partial charge in [-0.25, -0.2) is 8.42 Å². The number of aromatic nitrogens is 2. The van der Waals surface area contributed by atoms with Crippen LogP contribution in [0, 0.1) is 6.92 Å². The fourth-order valence-corrected chi connectivity index (χ4v) is 5.02. The Morgan fingerprint density at radius 1 is 1.09 bits per heavy atom. The summed E-state index contributed by atoms with van der Waals surface area (Å²) < 4.78 is 27.5. The fraction of sp³-hybridized carbons (Fsp3) is 0.467. The Bertz CT molecular complexity index is 974. The van der Waals surface area contributed by atoms with Gasteiger partial charge in [0.05, 0.1) is 15.9 Å². The van der Waals surface area contributed by atoms with Crippen molar-refractivity contribution in [3.05, 3.63) is 38.4 Å². The second kappa shape index (κ2) is 5.61. The molecule has 0 saturated carbocycles. The third kappa shape index (κ3) is 2.72. The molecule has 1 atom stereocenters. The largest absolute Gasteiger partial charge is 0.316 e. The quantitative estimate of drug-likeness (QED) is 0.801. The lowest BCUT2D eigenvalue weighted by Crippen LogP contribution is -2.42. The molecule has 1 aliphatic rings. The van der Waals surface area contributed by atoms with Crippen LogP contribution >= 0.6 is 0 Å². The molecule has 0 amide bonds. The topological polar surface area (TPSA) is 103 Å². The van der Waals surface area contributed by atoms with E-state index in [0.29, 0.717) is 23.1 Å². The lowest BCUT2D eigenvalue weighted by atomic mass is 10.1. The van der Waals surface area contributed by atoms with Gasteiger partial charge in [0.25, 0.3) is 0 Å². The lowest BCUT2D eigenvalue weighted by Gasteiger charge is -2.32. The van der Waals surface area contributed by atoms with Crippen LogP contribution in [0.4, 0.5) is 0 Å². The first-order valence-corrected chi connectivity index (χ1v) is 9.03. The van der Waals surface area contributed by atoms with E-state index in [2.05, 4.69) is 9.97 Å². The van der Waals surface area contributed by atoms with Crippen molar-refractivity contribution >= 4 is 21.1 Å². The van der Waals surface area contributed by atoms with Gasteiger partial charge in [0.2, 0.25) is 10.0 Å². The Kier molecular flexibility index (Phi) is 3.89. The molecule has 23 heavy (non-hydrogen) atoms. The van der Waals surface area contributed by atoms with E-state index in [1.165, 1.54) is 10.4 Å². The van der Waals surface area contributed by atoms with Crippen molar-refractivity contribution in [2.24, 2.45) is 0 Å². The highest BCUT2D eigenvalue weighted by Gasteiger charge is 2.32. The number of nitrogens with zero attached hydrogens (tertiary/aromatic N) is 1. The first kappa shape index (κ1) is 15.9. The molecule has 1 unspecified atom stereocenters. The maximum Gasteiger partial charge on any atom is 0.314 e. The summed E-state index contributed by atoms with van der Waals surface area (Å²) in [6.45, 7) is 4.10. The van der Waals surface area contributed by atoms with Crippen LogP contribution in [0.2, 0.25) is 0 Å². The van der Waals surface area contributed by atoms with Gasteiger partial charge < -0.3 is 9.97 Å². The van der Waals surface area contributed by atoms with Gasteiger partial charge in [0, 0.05) is 12.6 Å². The zero-order valence-electron chi connectivity index (χ0n) is 13.0. The highest BCUT2D eigenvalue weighted by molar-refractivity contribution is 7.89. The van der Waals surface area contributed by atoms with E-state index in [4.69, 9.17) is 0 Å². The summed E-state index contributed by atoms with van der Waals surface area (Å²) in [7, 11) is -3.64. The highest BCUT2D eigenvalue weighted by atomic mass is 32.2. The van der Waals surface area contributed by atoms with Crippen molar-refractivity contribution < 1.29 is 8.42 Å². The smallest absolute Gasteiger partial charge is 0.314 e. The zero-order chi connectivity index (χ0) is 16.8. The van der Waals surface area contributed by atoms with Crippen molar-refractivity contribution in [1.29, 1.82) is 0 Å². The number of hydrogen-bond donors (Lipinski definition) is 2. The Morgan fingerprint density at radius 3 is 2.30 bits per heavy atom. The third-order valence-electron chi connectivity index (χ3n) is 4.35. The molecule has 1 saturated heterocycles. The second-order valence-corrected chi connectivity index (χ2v) is 7.89. The number of hydrogen-bond acceptors (Lipinski definition) is 4. The average molecular weight is 337 g/mol. The van der Waals surface area contributed by atoms with Crippen LogP contribution in [0.15, 0.2) is 26.6 Å². The van der Waals surface area contributed by atoms with E-state index in [9.17, 15) is 18.0 Å². The van der Waals surface area contributed by atoms with Crippen molar-refractivity contribution in [2.45, 2.75) is 44.0 Å². The number of fused-ring (bicyclic) bond motifs is 1. The number of nitrogens with one attached hydrogen (secondary N) is 2. The molecule has 1 fully saturated rings. The van der Waals surface area contributed by atoms with Gasteiger partial charge in [0.15, 0.2) is 0 Å². The molecule has 1 aromatic carbocycles. The van der Waals surface area contributed by atoms with Gasteiger partial charge in [-0.15, -0.1) is 0 Å². The molecule has 1 aliphatic heterocycles. The number of H-pyrrole nitrogens is 2. The van der Waals surface area contributed by atoms with Gasteiger partial charge in [-0.1, -0.05) is 6.42 Å². The molecule has 2 N–H and O–H groups in total. The van der Waals surface area contributed by atoms with E-state index < -0.39 is 21.1 Å². The molecule has 124 valence electrons. The first-order valence-electron chi connectivity index (χ1n) is 7.59. The van der Waals surface area contributed by atoms with Crippen LogP contribution < -0.4 is 11.1 Å². The molecule has 2 heterocycles. The molecule has 2 aromatic rings. The number of aryl methyl sites for hydroxylation is 1. The van der Waals surface area contributed by atoms with Crippen molar-refractivity contribution in [3.63, 3.8) is 0 Å². The molecule has 1 aromatic heterocycles. The predicted molar refractivity (Wildman–Crippen MR) is 87.1 cm³/mol. The normalized spacial score (nSPS) is 20.0. The number of piperidine rings is 1. The summed E-state index contributed by atoms with van der Waals surface area (Å²) in [5.74, 6) is 0. The van der Waals surface area contributed by atoms with Crippen molar-refractivity contribution in [1.82, 2.24) is 14.3 Å². The van der Waals surface area contributed by atoms with E-state index in [0.717, 1.165) is 19.3 Å². The maximum absolute atomic E-state index is 13.0. The van der Waals surface area contributed by atoms with Gasteiger partial charge in [-0.2, -0.15) is 4.31 Å². The molecular formula is C15H19N3O4S. The zero-order valence-corrected chi connectivity index (χ0v) is 13.9. The van der Waals surface area contributed by atoms with Crippen LogP contribution in [-0.2, 0) is 10.0 Å². The summed E-state index contributed by atoms with van der Waals surface area (Å²) in [4.78, 5) is 27.9. The molecule has 0 aliphatic carbocycles. The minimum Gasteiger partial charge on any atom is -0.316 e. The minimum atomic E-state index is -3.64. The molecule has 0 spiro atoms. The van der Waals surface area contributed by atoms with Crippen molar-refractivity contribution in [2.75, 3.05) is 6.54 Å². The minimum absolute atomic E-state index is 0.0431.